The van der Waals surface area contributed by atoms with E-state index in [1.165, 1.54) is 11.8 Å². The van der Waals surface area contributed by atoms with Gasteiger partial charge in [-0.1, -0.05) is 29.5 Å². The first-order valence-corrected chi connectivity index (χ1v) is 11.3. The first kappa shape index (κ1) is 23.3. The molecule has 32 heavy (non-hydrogen) atoms. The van der Waals surface area contributed by atoms with E-state index in [1.807, 2.05) is 37.5 Å². The fraction of sp³-hybridized carbons (Fsp3) is 0.304. The van der Waals surface area contributed by atoms with Crippen LogP contribution in [0.1, 0.15) is 41.6 Å². The Morgan fingerprint density at radius 2 is 1.78 bits per heavy atom. The molecule has 1 heterocycles. The lowest BCUT2D eigenvalue weighted by atomic mass is 10.1. The van der Waals surface area contributed by atoms with E-state index in [-0.39, 0.29) is 23.6 Å². The topological polar surface area (TPSA) is 98.1 Å². The van der Waals surface area contributed by atoms with E-state index >= 15 is 0 Å². The maximum Gasteiger partial charge on any atom is 0.251 e. The van der Waals surface area contributed by atoms with Crippen LogP contribution < -0.4 is 15.4 Å². The number of ether oxygens (including phenoxy) is 1. The van der Waals surface area contributed by atoms with Crippen LogP contribution >= 0.6 is 11.8 Å². The van der Waals surface area contributed by atoms with Gasteiger partial charge in [0.05, 0.1) is 18.9 Å². The molecule has 0 spiro atoms. The third kappa shape index (κ3) is 5.88. The van der Waals surface area contributed by atoms with E-state index in [4.69, 9.17) is 4.74 Å². The molecule has 0 aliphatic heterocycles. The number of amides is 2. The summed E-state index contributed by atoms with van der Waals surface area (Å²) in [6.45, 7) is 6.44. The molecule has 0 fully saturated rings. The van der Waals surface area contributed by atoms with E-state index in [1.54, 1.807) is 43.5 Å². The predicted octanol–water partition coefficient (Wildman–Crippen LogP) is 3.84. The molecule has 2 N–H and O–H groups in total. The van der Waals surface area contributed by atoms with Gasteiger partial charge in [-0.3, -0.25) is 9.59 Å². The van der Waals surface area contributed by atoms with Gasteiger partial charge >= 0.3 is 0 Å². The summed E-state index contributed by atoms with van der Waals surface area (Å²) >= 11 is 1.30. The van der Waals surface area contributed by atoms with Gasteiger partial charge in [0.1, 0.15) is 5.75 Å². The number of aryl methyl sites for hydroxylation is 1. The van der Waals surface area contributed by atoms with E-state index in [0.29, 0.717) is 28.8 Å². The van der Waals surface area contributed by atoms with Gasteiger partial charge in [-0.2, -0.15) is 0 Å². The van der Waals surface area contributed by atoms with Crippen molar-refractivity contribution in [3.05, 3.63) is 65.5 Å². The molecule has 0 aliphatic rings. The van der Waals surface area contributed by atoms with Crippen LogP contribution in [0.5, 0.6) is 5.75 Å². The van der Waals surface area contributed by atoms with Crippen LogP contribution in [0.25, 0.3) is 0 Å². The molecule has 3 aromatic rings. The maximum atomic E-state index is 12.5. The summed E-state index contributed by atoms with van der Waals surface area (Å²) in [5, 5.41) is 14.9. The molecule has 1 atom stereocenters. The summed E-state index contributed by atoms with van der Waals surface area (Å²) in [6.07, 6.45) is 0. The number of thioether (sulfide) groups is 1. The molecule has 3 rings (SSSR count). The monoisotopic (exact) mass is 453 g/mol. The summed E-state index contributed by atoms with van der Waals surface area (Å²) < 4.78 is 7.03. The second-order valence-electron chi connectivity index (χ2n) is 7.21. The lowest BCUT2D eigenvalue weighted by Crippen LogP contribution is -2.28. The number of carbonyl (C=O) groups is 2. The number of methoxy groups -OCH3 is 1. The van der Waals surface area contributed by atoms with Crippen molar-refractivity contribution in [3.63, 3.8) is 0 Å². The summed E-state index contributed by atoms with van der Waals surface area (Å²) in [6, 6.07) is 14.2. The van der Waals surface area contributed by atoms with Crippen LogP contribution in [0, 0.1) is 6.92 Å². The molecule has 0 bridgehead atoms. The number of hydrogen-bond donors (Lipinski definition) is 2. The summed E-state index contributed by atoms with van der Waals surface area (Å²) in [5.74, 6) is 1.24. The molecule has 9 heteroatoms. The Kier molecular flexibility index (Phi) is 7.88. The number of nitrogens with zero attached hydrogens (tertiary/aromatic N) is 3. The molecule has 0 saturated carbocycles. The van der Waals surface area contributed by atoms with E-state index < -0.39 is 0 Å². The molecule has 2 amide bonds. The Labute approximate surface area is 191 Å². The van der Waals surface area contributed by atoms with Gasteiger partial charge in [-0.05, 0) is 57.2 Å². The van der Waals surface area contributed by atoms with Crippen molar-refractivity contribution in [1.29, 1.82) is 0 Å². The van der Waals surface area contributed by atoms with Crippen molar-refractivity contribution in [2.24, 2.45) is 0 Å². The SMILES string of the molecule is CCn1c(SCC(=O)Nc2ccc(OC)cc2)nnc1[C@@H](C)NC(=O)c1ccc(C)cc1. The maximum absolute atomic E-state index is 12.5. The second-order valence-corrected chi connectivity index (χ2v) is 8.15. The standard InChI is InChI=1S/C23H27N5O3S/c1-5-28-21(16(3)24-22(30)17-8-6-15(2)7-9-17)26-27-23(28)32-14-20(29)25-18-10-12-19(31-4)13-11-18/h6-13,16H,5,14H2,1-4H3,(H,24,30)(H,25,29)/t16-/m1/s1. The van der Waals surface area contributed by atoms with Crippen molar-refractivity contribution in [1.82, 2.24) is 20.1 Å². The minimum absolute atomic E-state index is 0.145. The number of carbonyl (C=O) groups excluding carboxylic acids is 2. The normalized spacial score (nSPS) is 11.6. The molecule has 0 unspecified atom stereocenters. The molecule has 8 nitrogen and oxygen atoms in total. The molecule has 0 aliphatic carbocycles. The van der Waals surface area contributed by atoms with Gasteiger partial charge in [0.25, 0.3) is 5.91 Å². The average Bonchev–Trinajstić information content (AvgIpc) is 3.21. The molecule has 1 aromatic heterocycles. The van der Waals surface area contributed by atoms with Gasteiger partial charge in [0.2, 0.25) is 5.91 Å². The van der Waals surface area contributed by atoms with Crippen LogP contribution in [-0.2, 0) is 11.3 Å². The Hall–Kier alpha value is -3.33. The van der Waals surface area contributed by atoms with Gasteiger partial charge < -0.3 is 19.9 Å². The highest BCUT2D eigenvalue weighted by atomic mass is 32.2. The minimum Gasteiger partial charge on any atom is -0.497 e. The molecule has 168 valence electrons. The van der Waals surface area contributed by atoms with E-state index in [9.17, 15) is 9.59 Å². The van der Waals surface area contributed by atoms with Crippen LogP contribution in [0.2, 0.25) is 0 Å². The zero-order valence-electron chi connectivity index (χ0n) is 18.6. The van der Waals surface area contributed by atoms with E-state index in [2.05, 4.69) is 20.8 Å². The van der Waals surface area contributed by atoms with Gasteiger partial charge in [0.15, 0.2) is 11.0 Å². The highest BCUT2D eigenvalue weighted by molar-refractivity contribution is 7.99. The Morgan fingerprint density at radius 3 is 2.41 bits per heavy atom. The number of rotatable bonds is 9. The number of hydrogen-bond acceptors (Lipinski definition) is 6. The highest BCUT2D eigenvalue weighted by Crippen LogP contribution is 2.22. The second kappa shape index (κ2) is 10.8. The van der Waals surface area contributed by atoms with Crippen LogP contribution in [0.3, 0.4) is 0 Å². The minimum atomic E-state index is -0.335. The molecule has 0 radical (unpaired) electrons. The quantitative estimate of drug-likeness (QED) is 0.478. The van der Waals surface area contributed by atoms with Crippen molar-refractivity contribution in [2.45, 2.75) is 38.5 Å². The van der Waals surface area contributed by atoms with Crippen molar-refractivity contribution < 1.29 is 14.3 Å². The smallest absolute Gasteiger partial charge is 0.251 e. The van der Waals surface area contributed by atoms with Crippen molar-refractivity contribution >= 4 is 29.3 Å². The van der Waals surface area contributed by atoms with E-state index in [0.717, 1.165) is 11.3 Å². The number of benzene rings is 2. The fourth-order valence-electron chi connectivity index (χ4n) is 3.08. The van der Waals surface area contributed by atoms with Crippen LogP contribution in [-0.4, -0.2) is 39.4 Å². The lowest BCUT2D eigenvalue weighted by molar-refractivity contribution is -0.113. The molecule has 0 saturated heterocycles. The molecular weight excluding hydrogens is 426 g/mol. The van der Waals surface area contributed by atoms with Crippen molar-refractivity contribution in [3.8, 4) is 5.75 Å². The zero-order chi connectivity index (χ0) is 23.1. The van der Waals surface area contributed by atoms with Gasteiger partial charge in [-0.25, -0.2) is 0 Å². The first-order chi connectivity index (χ1) is 15.4. The number of nitrogens with one attached hydrogen (secondary N) is 2. The third-order valence-electron chi connectivity index (χ3n) is 4.82. The largest absolute Gasteiger partial charge is 0.497 e. The summed E-state index contributed by atoms with van der Waals surface area (Å²) in [5.41, 5.74) is 2.38. The number of anilines is 1. The van der Waals surface area contributed by atoms with Gasteiger partial charge in [0, 0.05) is 17.8 Å². The lowest BCUT2D eigenvalue weighted by Gasteiger charge is -2.15. The Balaban J connectivity index is 1.60. The molecular formula is C23H27N5O3S. The van der Waals surface area contributed by atoms with Gasteiger partial charge in [-0.15, -0.1) is 10.2 Å². The third-order valence-corrected chi connectivity index (χ3v) is 5.78. The zero-order valence-corrected chi connectivity index (χ0v) is 19.4. The average molecular weight is 454 g/mol. The first-order valence-electron chi connectivity index (χ1n) is 10.3. The molecule has 2 aromatic carbocycles. The van der Waals surface area contributed by atoms with Crippen LogP contribution in [0.15, 0.2) is 53.7 Å². The van der Waals surface area contributed by atoms with Crippen molar-refractivity contribution in [2.75, 3.05) is 18.2 Å². The van der Waals surface area contributed by atoms with Crippen LogP contribution in [0.4, 0.5) is 5.69 Å². The Morgan fingerprint density at radius 1 is 1.09 bits per heavy atom. The fourth-order valence-corrected chi connectivity index (χ4v) is 3.88. The predicted molar refractivity (Wildman–Crippen MR) is 125 cm³/mol. The summed E-state index contributed by atoms with van der Waals surface area (Å²) in [7, 11) is 1.59. The Bertz CT molecular complexity index is 1060. The summed E-state index contributed by atoms with van der Waals surface area (Å²) in [4.78, 5) is 24.9. The highest BCUT2D eigenvalue weighted by Gasteiger charge is 2.20. The number of aromatic nitrogens is 3.